The average Bonchev–Trinajstić information content (AvgIpc) is 3.16. The highest BCUT2D eigenvalue weighted by molar-refractivity contribution is 7.18. The second kappa shape index (κ2) is 6.53. The Bertz CT molecular complexity index is 815. The SMILES string of the molecule is CCOc1nc(-c2ccnc(NC(C)=O)c2)sc1-c1nnc[nH]1. The molecular formula is C14H14N6O2S. The van der Waals surface area contributed by atoms with Crippen LogP contribution in [0, 0.1) is 0 Å². The fourth-order valence-electron chi connectivity index (χ4n) is 1.94. The molecule has 0 radical (unpaired) electrons. The minimum Gasteiger partial charge on any atom is -0.477 e. The van der Waals surface area contributed by atoms with Crippen LogP contribution in [-0.4, -0.2) is 37.7 Å². The third-order valence-electron chi connectivity index (χ3n) is 2.82. The van der Waals surface area contributed by atoms with Crippen LogP contribution in [-0.2, 0) is 4.79 Å². The van der Waals surface area contributed by atoms with Gasteiger partial charge >= 0.3 is 0 Å². The fraction of sp³-hybridized carbons (Fsp3) is 0.214. The molecule has 0 aliphatic carbocycles. The third kappa shape index (κ3) is 3.34. The molecule has 0 spiro atoms. The Kier molecular flexibility index (Phi) is 4.29. The molecule has 0 saturated carbocycles. The number of amides is 1. The molecule has 0 atom stereocenters. The van der Waals surface area contributed by atoms with Crippen LogP contribution in [0.4, 0.5) is 5.82 Å². The van der Waals surface area contributed by atoms with Gasteiger partial charge in [-0.2, -0.15) is 0 Å². The van der Waals surface area contributed by atoms with Crippen molar-refractivity contribution in [1.29, 1.82) is 0 Å². The maximum Gasteiger partial charge on any atom is 0.236 e. The number of ether oxygens (including phenoxy) is 1. The Morgan fingerprint density at radius 2 is 2.35 bits per heavy atom. The molecule has 0 fully saturated rings. The zero-order valence-electron chi connectivity index (χ0n) is 12.5. The maximum atomic E-state index is 11.2. The summed E-state index contributed by atoms with van der Waals surface area (Å²) in [6, 6.07) is 3.59. The molecular weight excluding hydrogens is 316 g/mol. The van der Waals surface area contributed by atoms with Crippen LogP contribution in [0.2, 0.25) is 0 Å². The molecule has 0 bridgehead atoms. The van der Waals surface area contributed by atoms with E-state index in [1.165, 1.54) is 24.6 Å². The monoisotopic (exact) mass is 330 g/mol. The normalized spacial score (nSPS) is 10.5. The number of nitrogens with zero attached hydrogens (tertiary/aromatic N) is 4. The number of thiazole rings is 1. The molecule has 3 aromatic rings. The molecule has 3 rings (SSSR count). The lowest BCUT2D eigenvalue weighted by Gasteiger charge is -2.02. The molecule has 0 saturated heterocycles. The van der Waals surface area contributed by atoms with E-state index in [4.69, 9.17) is 4.74 Å². The van der Waals surface area contributed by atoms with Crippen molar-refractivity contribution in [3.8, 4) is 27.2 Å². The van der Waals surface area contributed by atoms with Crippen molar-refractivity contribution >= 4 is 23.1 Å². The first-order chi connectivity index (χ1) is 11.2. The second-order valence-corrected chi connectivity index (χ2v) is 5.53. The van der Waals surface area contributed by atoms with Gasteiger partial charge in [-0.25, -0.2) is 9.97 Å². The molecule has 3 aromatic heterocycles. The van der Waals surface area contributed by atoms with Crippen molar-refractivity contribution in [3.05, 3.63) is 24.7 Å². The second-order valence-electron chi connectivity index (χ2n) is 4.53. The van der Waals surface area contributed by atoms with Crippen molar-refractivity contribution in [2.45, 2.75) is 13.8 Å². The van der Waals surface area contributed by atoms with Crippen LogP contribution < -0.4 is 10.1 Å². The van der Waals surface area contributed by atoms with Crippen LogP contribution in [0.25, 0.3) is 21.3 Å². The standard InChI is InChI=1S/C14H14N6O2S/c1-3-22-13-11(12-16-7-17-20-12)23-14(19-13)9-4-5-15-10(6-9)18-8(2)21/h4-7H,3H2,1-2H3,(H,15,18,21)(H,16,17,20). The first kappa shape index (κ1) is 15.1. The van der Waals surface area contributed by atoms with E-state index in [2.05, 4.69) is 30.5 Å². The molecule has 0 aliphatic heterocycles. The summed E-state index contributed by atoms with van der Waals surface area (Å²) in [5, 5.41) is 11.2. The van der Waals surface area contributed by atoms with Crippen molar-refractivity contribution in [2.24, 2.45) is 0 Å². The number of hydrogen-bond donors (Lipinski definition) is 2. The van der Waals surface area contributed by atoms with Gasteiger partial charge in [0.2, 0.25) is 11.8 Å². The number of carbonyl (C=O) groups is 1. The summed E-state index contributed by atoms with van der Waals surface area (Å²) in [5.41, 5.74) is 0.834. The Morgan fingerprint density at radius 3 is 3.04 bits per heavy atom. The highest BCUT2D eigenvalue weighted by atomic mass is 32.1. The van der Waals surface area contributed by atoms with E-state index in [0.29, 0.717) is 24.1 Å². The molecule has 0 aliphatic rings. The molecule has 1 amide bonds. The van der Waals surface area contributed by atoms with Crippen LogP contribution >= 0.6 is 11.3 Å². The number of hydrogen-bond acceptors (Lipinski definition) is 7. The summed E-state index contributed by atoms with van der Waals surface area (Å²) in [7, 11) is 0. The van der Waals surface area contributed by atoms with Crippen molar-refractivity contribution in [3.63, 3.8) is 0 Å². The summed E-state index contributed by atoms with van der Waals surface area (Å²) < 4.78 is 5.58. The van der Waals surface area contributed by atoms with E-state index < -0.39 is 0 Å². The number of aromatic amines is 1. The summed E-state index contributed by atoms with van der Waals surface area (Å²) in [6.45, 7) is 3.83. The smallest absolute Gasteiger partial charge is 0.236 e. The lowest BCUT2D eigenvalue weighted by Crippen LogP contribution is -2.07. The lowest BCUT2D eigenvalue weighted by molar-refractivity contribution is -0.114. The van der Waals surface area contributed by atoms with E-state index in [1.807, 2.05) is 13.0 Å². The molecule has 9 heteroatoms. The van der Waals surface area contributed by atoms with Crippen molar-refractivity contribution in [1.82, 2.24) is 25.1 Å². The van der Waals surface area contributed by atoms with E-state index in [0.717, 1.165) is 15.4 Å². The van der Waals surface area contributed by atoms with E-state index >= 15 is 0 Å². The number of H-pyrrole nitrogens is 1. The highest BCUT2D eigenvalue weighted by Crippen LogP contribution is 2.38. The first-order valence-corrected chi connectivity index (χ1v) is 7.73. The Morgan fingerprint density at radius 1 is 1.48 bits per heavy atom. The number of carbonyl (C=O) groups excluding carboxylic acids is 1. The zero-order valence-corrected chi connectivity index (χ0v) is 13.3. The van der Waals surface area contributed by atoms with Gasteiger partial charge in [-0.1, -0.05) is 0 Å². The van der Waals surface area contributed by atoms with Crippen molar-refractivity contribution in [2.75, 3.05) is 11.9 Å². The number of pyridine rings is 1. The van der Waals surface area contributed by atoms with Crippen LogP contribution in [0.5, 0.6) is 5.88 Å². The van der Waals surface area contributed by atoms with Gasteiger partial charge in [-0.15, -0.1) is 21.5 Å². The van der Waals surface area contributed by atoms with Gasteiger partial charge < -0.3 is 15.0 Å². The van der Waals surface area contributed by atoms with Gasteiger partial charge in [0.15, 0.2) is 5.82 Å². The quantitative estimate of drug-likeness (QED) is 0.744. The number of anilines is 1. The topological polar surface area (TPSA) is 106 Å². The lowest BCUT2D eigenvalue weighted by atomic mass is 10.3. The largest absolute Gasteiger partial charge is 0.477 e. The van der Waals surface area contributed by atoms with Crippen LogP contribution in [0.15, 0.2) is 24.7 Å². The molecule has 0 unspecified atom stereocenters. The van der Waals surface area contributed by atoms with Gasteiger partial charge in [0.05, 0.1) is 6.61 Å². The van der Waals surface area contributed by atoms with E-state index in [1.54, 1.807) is 12.3 Å². The highest BCUT2D eigenvalue weighted by Gasteiger charge is 2.18. The number of rotatable bonds is 5. The Balaban J connectivity index is 2.00. The molecule has 0 aromatic carbocycles. The summed E-state index contributed by atoms with van der Waals surface area (Å²) in [5.74, 6) is 1.41. The van der Waals surface area contributed by atoms with Gasteiger partial charge in [0.25, 0.3) is 0 Å². The molecule has 23 heavy (non-hydrogen) atoms. The van der Waals surface area contributed by atoms with Crippen LogP contribution in [0.3, 0.4) is 0 Å². The predicted molar refractivity (Wildman–Crippen MR) is 86.2 cm³/mol. The fourth-order valence-corrected chi connectivity index (χ4v) is 2.90. The first-order valence-electron chi connectivity index (χ1n) is 6.91. The average molecular weight is 330 g/mol. The summed E-state index contributed by atoms with van der Waals surface area (Å²) in [4.78, 5) is 23.5. The van der Waals surface area contributed by atoms with Gasteiger partial charge in [0.1, 0.15) is 22.0 Å². The van der Waals surface area contributed by atoms with Gasteiger partial charge in [0, 0.05) is 18.7 Å². The molecule has 3 heterocycles. The van der Waals surface area contributed by atoms with Crippen molar-refractivity contribution < 1.29 is 9.53 Å². The molecule has 2 N–H and O–H groups in total. The summed E-state index contributed by atoms with van der Waals surface area (Å²) >= 11 is 1.43. The third-order valence-corrected chi connectivity index (χ3v) is 3.91. The van der Waals surface area contributed by atoms with Gasteiger partial charge in [-0.3, -0.25) is 4.79 Å². The predicted octanol–water partition coefficient (Wildman–Crippen LogP) is 2.35. The Labute approximate surface area is 136 Å². The van der Waals surface area contributed by atoms with Gasteiger partial charge in [-0.05, 0) is 19.1 Å². The van der Waals surface area contributed by atoms with E-state index in [9.17, 15) is 4.79 Å². The zero-order chi connectivity index (χ0) is 16.2. The van der Waals surface area contributed by atoms with Crippen LogP contribution in [0.1, 0.15) is 13.8 Å². The molecule has 118 valence electrons. The minimum atomic E-state index is -0.175. The number of nitrogens with one attached hydrogen (secondary N) is 2. The summed E-state index contributed by atoms with van der Waals surface area (Å²) in [6.07, 6.45) is 3.13. The van der Waals surface area contributed by atoms with E-state index in [-0.39, 0.29) is 5.91 Å². The maximum absolute atomic E-state index is 11.2. The Hall–Kier alpha value is -2.81. The molecule has 8 nitrogen and oxygen atoms in total. The number of aromatic nitrogens is 5. The minimum absolute atomic E-state index is 0.175.